The maximum atomic E-state index is 12.9. The van der Waals surface area contributed by atoms with Gasteiger partial charge >= 0.3 is 0 Å². The fourth-order valence-electron chi connectivity index (χ4n) is 2.08. The number of pyridine rings is 1. The molecule has 0 amide bonds. The number of aromatic nitrogens is 1. The summed E-state index contributed by atoms with van der Waals surface area (Å²) in [6.45, 7) is 0.636. The Labute approximate surface area is 124 Å². The standard InChI is InChI=1S/C16H12BrFN2/c17-13-8-12-2-1-3-15(16(12)20-10-13)19-9-11-4-6-14(18)7-5-11/h1-8,10,19H,9H2. The third-order valence-corrected chi connectivity index (χ3v) is 3.51. The van der Waals surface area contributed by atoms with Crippen molar-refractivity contribution >= 4 is 32.5 Å². The largest absolute Gasteiger partial charge is 0.379 e. The van der Waals surface area contributed by atoms with Crippen LogP contribution in [0, 0.1) is 5.82 Å². The molecule has 3 aromatic rings. The highest BCUT2D eigenvalue weighted by atomic mass is 79.9. The van der Waals surface area contributed by atoms with E-state index in [1.54, 1.807) is 18.3 Å². The monoisotopic (exact) mass is 330 g/mol. The minimum Gasteiger partial charge on any atom is -0.379 e. The molecular weight excluding hydrogens is 319 g/mol. The van der Waals surface area contributed by atoms with Gasteiger partial charge in [-0.3, -0.25) is 4.98 Å². The van der Waals surface area contributed by atoms with Crippen LogP contribution >= 0.6 is 15.9 Å². The second-order valence-electron chi connectivity index (χ2n) is 4.51. The van der Waals surface area contributed by atoms with Crippen molar-refractivity contribution in [2.45, 2.75) is 6.54 Å². The van der Waals surface area contributed by atoms with Gasteiger partial charge in [0.05, 0.1) is 11.2 Å². The predicted molar refractivity (Wildman–Crippen MR) is 83.2 cm³/mol. The molecule has 3 rings (SSSR count). The molecule has 0 fully saturated rings. The third kappa shape index (κ3) is 2.80. The molecule has 1 heterocycles. The molecule has 4 heteroatoms. The molecular formula is C16H12BrFN2. The molecule has 1 N–H and O–H groups in total. The fraction of sp³-hybridized carbons (Fsp3) is 0.0625. The number of hydrogen-bond donors (Lipinski definition) is 1. The summed E-state index contributed by atoms with van der Waals surface area (Å²) in [5.74, 6) is -0.217. The van der Waals surface area contributed by atoms with Crippen LogP contribution in [-0.2, 0) is 6.54 Å². The number of nitrogens with zero attached hydrogens (tertiary/aromatic N) is 1. The summed E-state index contributed by atoms with van der Waals surface area (Å²) in [6.07, 6.45) is 1.78. The minimum atomic E-state index is -0.217. The zero-order chi connectivity index (χ0) is 13.9. The predicted octanol–water partition coefficient (Wildman–Crippen LogP) is 4.75. The van der Waals surface area contributed by atoms with Crippen LogP contribution in [0.25, 0.3) is 10.9 Å². The number of anilines is 1. The summed E-state index contributed by atoms with van der Waals surface area (Å²) >= 11 is 3.42. The molecule has 0 bridgehead atoms. The Morgan fingerprint density at radius 3 is 2.70 bits per heavy atom. The molecule has 0 unspecified atom stereocenters. The molecule has 20 heavy (non-hydrogen) atoms. The highest BCUT2D eigenvalue weighted by Gasteiger charge is 2.03. The van der Waals surface area contributed by atoms with Crippen molar-refractivity contribution in [1.29, 1.82) is 0 Å². The lowest BCUT2D eigenvalue weighted by Gasteiger charge is -2.09. The lowest BCUT2D eigenvalue weighted by Crippen LogP contribution is -2.00. The van der Waals surface area contributed by atoms with E-state index in [-0.39, 0.29) is 5.82 Å². The normalized spacial score (nSPS) is 10.7. The van der Waals surface area contributed by atoms with Crippen molar-refractivity contribution in [1.82, 2.24) is 4.98 Å². The van der Waals surface area contributed by atoms with Gasteiger partial charge in [0.2, 0.25) is 0 Å². The first kappa shape index (κ1) is 13.1. The summed E-state index contributed by atoms with van der Waals surface area (Å²) in [6, 6.07) is 14.5. The molecule has 0 aliphatic rings. The van der Waals surface area contributed by atoms with Crippen LogP contribution in [0.2, 0.25) is 0 Å². The van der Waals surface area contributed by atoms with Gasteiger partial charge in [0.1, 0.15) is 5.82 Å². The van der Waals surface area contributed by atoms with Gasteiger partial charge in [-0.1, -0.05) is 24.3 Å². The van der Waals surface area contributed by atoms with Crippen LogP contribution in [0.5, 0.6) is 0 Å². The van der Waals surface area contributed by atoms with Crippen molar-refractivity contribution in [2.24, 2.45) is 0 Å². The minimum absolute atomic E-state index is 0.217. The first-order chi connectivity index (χ1) is 9.72. The van der Waals surface area contributed by atoms with E-state index in [1.165, 1.54) is 12.1 Å². The number of fused-ring (bicyclic) bond motifs is 1. The number of hydrogen-bond acceptors (Lipinski definition) is 2. The first-order valence-corrected chi connectivity index (χ1v) is 7.04. The maximum absolute atomic E-state index is 12.9. The van der Waals surface area contributed by atoms with Gasteiger partial charge in [0.25, 0.3) is 0 Å². The Hall–Kier alpha value is -1.94. The average Bonchev–Trinajstić information content (AvgIpc) is 2.46. The van der Waals surface area contributed by atoms with E-state index in [0.29, 0.717) is 6.54 Å². The molecule has 1 aromatic heterocycles. The number of benzene rings is 2. The van der Waals surface area contributed by atoms with Crippen molar-refractivity contribution in [2.75, 3.05) is 5.32 Å². The van der Waals surface area contributed by atoms with Gasteiger partial charge in [-0.2, -0.15) is 0 Å². The van der Waals surface area contributed by atoms with E-state index in [0.717, 1.165) is 26.6 Å². The topological polar surface area (TPSA) is 24.9 Å². The van der Waals surface area contributed by atoms with E-state index >= 15 is 0 Å². The van der Waals surface area contributed by atoms with Gasteiger partial charge in [0, 0.05) is 22.6 Å². The van der Waals surface area contributed by atoms with E-state index in [4.69, 9.17) is 0 Å². The quantitative estimate of drug-likeness (QED) is 0.749. The number of nitrogens with one attached hydrogen (secondary N) is 1. The van der Waals surface area contributed by atoms with Crippen LogP contribution in [0.1, 0.15) is 5.56 Å². The van der Waals surface area contributed by atoms with Crippen molar-refractivity contribution in [3.05, 3.63) is 70.6 Å². The van der Waals surface area contributed by atoms with Crippen molar-refractivity contribution in [3.63, 3.8) is 0 Å². The molecule has 0 spiro atoms. The molecule has 0 aliphatic heterocycles. The van der Waals surface area contributed by atoms with Gasteiger partial charge in [-0.05, 0) is 45.8 Å². The van der Waals surface area contributed by atoms with E-state index in [9.17, 15) is 4.39 Å². The maximum Gasteiger partial charge on any atom is 0.123 e. The molecule has 2 aromatic carbocycles. The summed E-state index contributed by atoms with van der Waals surface area (Å²) in [5, 5.41) is 4.42. The average molecular weight is 331 g/mol. The SMILES string of the molecule is Fc1ccc(CNc2cccc3cc(Br)cnc23)cc1. The molecule has 2 nitrogen and oxygen atoms in total. The molecule has 0 atom stereocenters. The Kier molecular flexibility index (Phi) is 3.65. The second kappa shape index (κ2) is 5.59. The zero-order valence-corrected chi connectivity index (χ0v) is 12.2. The Balaban J connectivity index is 1.85. The van der Waals surface area contributed by atoms with Gasteiger partial charge in [0.15, 0.2) is 0 Å². The Morgan fingerprint density at radius 2 is 1.90 bits per heavy atom. The van der Waals surface area contributed by atoms with Crippen LogP contribution in [0.3, 0.4) is 0 Å². The van der Waals surface area contributed by atoms with Crippen molar-refractivity contribution in [3.8, 4) is 0 Å². The van der Waals surface area contributed by atoms with Crippen LogP contribution in [0.4, 0.5) is 10.1 Å². The number of para-hydroxylation sites is 1. The summed E-state index contributed by atoms with van der Waals surface area (Å²) in [4.78, 5) is 4.44. The highest BCUT2D eigenvalue weighted by Crippen LogP contribution is 2.24. The number of rotatable bonds is 3. The molecule has 0 saturated carbocycles. The van der Waals surface area contributed by atoms with Gasteiger partial charge in [-0.15, -0.1) is 0 Å². The summed E-state index contributed by atoms with van der Waals surface area (Å²) in [5.41, 5.74) is 2.93. The lowest BCUT2D eigenvalue weighted by atomic mass is 10.1. The zero-order valence-electron chi connectivity index (χ0n) is 10.6. The Bertz CT molecular complexity index is 741. The molecule has 0 radical (unpaired) electrons. The van der Waals surface area contributed by atoms with E-state index < -0.39 is 0 Å². The molecule has 0 saturated heterocycles. The van der Waals surface area contributed by atoms with Crippen molar-refractivity contribution < 1.29 is 4.39 Å². The smallest absolute Gasteiger partial charge is 0.123 e. The third-order valence-electron chi connectivity index (χ3n) is 3.07. The molecule has 0 aliphatic carbocycles. The van der Waals surface area contributed by atoms with Crippen LogP contribution < -0.4 is 5.32 Å². The highest BCUT2D eigenvalue weighted by molar-refractivity contribution is 9.10. The second-order valence-corrected chi connectivity index (χ2v) is 5.43. The summed E-state index contributed by atoms with van der Waals surface area (Å²) in [7, 11) is 0. The lowest BCUT2D eigenvalue weighted by molar-refractivity contribution is 0.627. The van der Waals surface area contributed by atoms with Crippen LogP contribution in [-0.4, -0.2) is 4.98 Å². The molecule has 100 valence electrons. The summed E-state index contributed by atoms with van der Waals surface area (Å²) < 4.78 is 13.8. The first-order valence-electron chi connectivity index (χ1n) is 6.25. The van der Waals surface area contributed by atoms with E-state index in [2.05, 4.69) is 26.2 Å². The van der Waals surface area contributed by atoms with Crippen LogP contribution in [0.15, 0.2) is 59.2 Å². The van der Waals surface area contributed by atoms with Gasteiger partial charge < -0.3 is 5.32 Å². The fourth-order valence-corrected chi connectivity index (χ4v) is 2.43. The Morgan fingerprint density at radius 1 is 1.10 bits per heavy atom. The van der Waals surface area contributed by atoms with Gasteiger partial charge in [-0.25, -0.2) is 4.39 Å². The number of halogens is 2. The van der Waals surface area contributed by atoms with E-state index in [1.807, 2.05) is 24.3 Å².